The van der Waals surface area contributed by atoms with Crippen LogP contribution in [0.15, 0.2) is 12.7 Å². The molecule has 5 heteroatoms. The maximum absolute atomic E-state index is 11.1. The van der Waals surface area contributed by atoms with Gasteiger partial charge >= 0.3 is 14.8 Å². The molecule has 15 heavy (non-hydrogen) atoms. The molecule has 0 unspecified atom stereocenters. The Labute approximate surface area is 92.6 Å². The minimum Gasteiger partial charge on any atom is -0.470 e. The highest BCUT2D eigenvalue weighted by atomic mass is 28.4. The summed E-state index contributed by atoms with van der Waals surface area (Å²) in [5.41, 5.74) is 0. The number of carbonyl (C=O) groups excluding carboxylic acids is 1. The molecule has 0 rings (SSSR count). The summed E-state index contributed by atoms with van der Waals surface area (Å²) in [4.78, 5) is 11.1. The van der Waals surface area contributed by atoms with Gasteiger partial charge in [-0.05, 0) is 12.8 Å². The van der Waals surface area contributed by atoms with Crippen LogP contribution in [0.3, 0.4) is 0 Å². The first kappa shape index (κ1) is 14.3. The van der Waals surface area contributed by atoms with E-state index in [9.17, 15) is 4.79 Å². The number of hydrogen-bond acceptors (Lipinski definition) is 4. The van der Waals surface area contributed by atoms with Crippen LogP contribution < -0.4 is 0 Å². The summed E-state index contributed by atoms with van der Waals surface area (Å²) in [6.45, 7) is 10.1. The summed E-state index contributed by atoms with van der Waals surface area (Å²) in [5.74, 6) is -0.489. The Morgan fingerprint density at radius 1 is 1.27 bits per heavy atom. The van der Waals surface area contributed by atoms with Crippen LogP contribution in [0.1, 0.15) is 26.7 Å². The van der Waals surface area contributed by atoms with Gasteiger partial charge in [0.05, 0.1) is 0 Å². The van der Waals surface area contributed by atoms with Crippen LogP contribution in [-0.2, 0) is 18.1 Å². The van der Waals surface area contributed by atoms with E-state index in [0.29, 0.717) is 13.2 Å². The summed E-state index contributed by atoms with van der Waals surface area (Å²) in [6, 6.07) is 0. The fraction of sp³-hybridized carbons (Fsp3) is 0.700. The quantitative estimate of drug-likeness (QED) is 0.475. The molecule has 0 aromatic rings. The Kier molecular flexibility index (Phi) is 7.28. The molecule has 0 radical (unpaired) electrons. The molecule has 0 aliphatic heterocycles. The highest BCUT2D eigenvalue weighted by molar-refractivity contribution is 6.61. The van der Waals surface area contributed by atoms with Crippen molar-refractivity contribution in [2.45, 2.75) is 33.2 Å². The summed E-state index contributed by atoms with van der Waals surface area (Å²) in [6.07, 6.45) is 2.85. The lowest BCUT2D eigenvalue weighted by atomic mass is 10.5. The Hall–Kier alpha value is -0.653. The van der Waals surface area contributed by atoms with Gasteiger partial charge in [0.15, 0.2) is 0 Å². The van der Waals surface area contributed by atoms with Gasteiger partial charge in [-0.1, -0.05) is 20.4 Å². The number of rotatable bonds is 8. The molecule has 0 N–H and O–H groups in total. The maximum Gasteiger partial charge on any atom is 0.564 e. The topological polar surface area (TPSA) is 44.8 Å². The zero-order valence-electron chi connectivity index (χ0n) is 9.75. The van der Waals surface area contributed by atoms with Gasteiger partial charge in [-0.3, -0.25) is 0 Å². The van der Waals surface area contributed by atoms with Crippen LogP contribution in [0.4, 0.5) is 0 Å². The van der Waals surface area contributed by atoms with E-state index in [0.717, 1.165) is 18.9 Å². The standard InChI is InChI=1S/C10H20O4Si/c1-5-8-12-15(4,13-9-6-2)14-10(11)7-3/h7H,3,5-6,8-9H2,1-2,4H3. The second kappa shape index (κ2) is 7.61. The van der Waals surface area contributed by atoms with Gasteiger partial charge in [0, 0.05) is 25.8 Å². The first-order chi connectivity index (χ1) is 7.08. The van der Waals surface area contributed by atoms with Crippen LogP contribution in [0.2, 0.25) is 6.55 Å². The van der Waals surface area contributed by atoms with Crippen LogP contribution in [0, 0.1) is 0 Å². The molecular formula is C10H20O4Si. The van der Waals surface area contributed by atoms with Crippen molar-refractivity contribution in [3.05, 3.63) is 12.7 Å². The lowest BCUT2D eigenvalue weighted by Crippen LogP contribution is -2.44. The van der Waals surface area contributed by atoms with Gasteiger partial charge < -0.3 is 13.3 Å². The zero-order chi connectivity index (χ0) is 11.7. The van der Waals surface area contributed by atoms with Crippen molar-refractivity contribution in [3.8, 4) is 0 Å². The van der Waals surface area contributed by atoms with E-state index < -0.39 is 14.8 Å². The molecule has 0 aromatic carbocycles. The van der Waals surface area contributed by atoms with Gasteiger partial charge in [-0.15, -0.1) is 0 Å². The molecule has 0 fully saturated rings. The molecule has 0 bridgehead atoms. The van der Waals surface area contributed by atoms with Crippen LogP contribution in [0.5, 0.6) is 0 Å². The Morgan fingerprint density at radius 2 is 1.73 bits per heavy atom. The lowest BCUT2D eigenvalue weighted by molar-refractivity contribution is -0.133. The van der Waals surface area contributed by atoms with Gasteiger partial charge in [-0.2, -0.15) is 0 Å². The van der Waals surface area contributed by atoms with E-state index in [2.05, 4.69) is 6.58 Å². The second-order valence-electron chi connectivity index (χ2n) is 3.18. The van der Waals surface area contributed by atoms with Crippen LogP contribution in [0.25, 0.3) is 0 Å². The van der Waals surface area contributed by atoms with Gasteiger partial charge in [-0.25, -0.2) is 4.79 Å². The first-order valence-corrected chi connectivity index (χ1v) is 7.43. The van der Waals surface area contributed by atoms with Crippen molar-refractivity contribution in [3.63, 3.8) is 0 Å². The van der Waals surface area contributed by atoms with Crippen molar-refractivity contribution < 1.29 is 18.1 Å². The van der Waals surface area contributed by atoms with Gasteiger partial charge in [0.2, 0.25) is 0 Å². The summed E-state index contributed by atoms with van der Waals surface area (Å²) >= 11 is 0. The molecular weight excluding hydrogens is 212 g/mol. The van der Waals surface area contributed by atoms with Crippen LogP contribution >= 0.6 is 0 Å². The van der Waals surface area contributed by atoms with E-state index in [4.69, 9.17) is 13.3 Å². The van der Waals surface area contributed by atoms with E-state index in [-0.39, 0.29) is 0 Å². The Bertz CT molecular complexity index is 198. The molecule has 0 aliphatic carbocycles. The molecule has 0 spiro atoms. The van der Waals surface area contributed by atoms with E-state index in [1.807, 2.05) is 13.8 Å². The third kappa shape index (κ3) is 6.43. The first-order valence-electron chi connectivity index (χ1n) is 5.21. The largest absolute Gasteiger partial charge is 0.564 e. The molecule has 0 heterocycles. The van der Waals surface area contributed by atoms with Crippen molar-refractivity contribution in [2.24, 2.45) is 0 Å². The van der Waals surface area contributed by atoms with Gasteiger partial charge in [0.1, 0.15) is 0 Å². The smallest absolute Gasteiger partial charge is 0.470 e. The molecule has 0 saturated heterocycles. The third-order valence-corrected chi connectivity index (χ3v) is 3.62. The Balaban J connectivity index is 4.24. The molecule has 0 aromatic heterocycles. The van der Waals surface area contributed by atoms with Crippen molar-refractivity contribution in [1.82, 2.24) is 0 Å². The highest BCUT2D eigenvalue weighted by Gasteiger charge is 2.38. The lowest BCUT2D eigenvalue weighted by Gasteiger charge is -2.24. The van der Waals surface area contributed by atoms with Crippen molar-refractivity contribution in [1.29, 1.82) is 0 Å². The molecule has 4 nitrogen and oxygen atoms in total. The van der Waals surface area contributed by atoms with Crippen LogP contribution in [-0.4, -0.2) is 28.0 Å². The van der Waals surface area contributed by atoms with Crippen molar-refractivity contribution >= 4 is 14.8 Å². The number of carbonyl (C=O) groups is 1. The van der Waals surface area contributed by atoms with E-state index in [1.165, 1.54) is 0 Å². The predicted molar refractivity (Wildman–Crippen MR) is 60.4 cm³/mol. The predicted octanol–water partition coefficient (Wildman–Crippen LogP) is 2.14. The minimum atomic E-state index is -2.80. The van der Waals surface area contributed by atoms with E-state index in [1.54, 1.807) is 6.55 Å². The average Bonchev–Trinajstić information content (AvgIpc) is 2.23. The number of hydrogen-bond donors (Lipinski definition) is 0. The van der Waals surface area contributed by atoms with Crippen molar-refractivity contribution in [2.75, 3.05) is 13.2 Å². The molecule has 0 atom stereocenters. The average molecular weight is 232 g/mol. The monoisotopic (exact) mass is 232 g/mol. The Morgan fingerprint density at radius 3 is 2.07 bits per heavy atom. The summed E-state index contributed by atoms with van der Waals surface area (Å²) in [5, 5.41) is 0. The van der Waals surface area contributed by atoms with Gasteiger partial charge in [0.25, 0.3) is 0 Å². The normalized spacial score (nSPS) is 11.1. The fourth-order valence-corrected chi connectivity index (χ4v) is 2.70. The fourth-order valence-electron chi connectivity index (χ4n) is 0.900. The zero-order valence-corrected chi connectivity index (χ0v) is 10.7. The molecule has 0 saturated carbocycles. The third-order valence-electron chi connectivity index (χ3n) is 1.59. The highest BCUT2D eigenvalue weighted by Crippen LogP contribution is 2.11. The minimum absolute atomic E-state index is 0.489. The summed E-state index contributed by atoms with van der Waals surface area (Å²) in [7, 11) is -2.80. The van der Waals surface area contributed by atoms with E-state index >= 15 is 0 Å². The SMILES string of the molecule is C=CC(=O)O[Si](C)(OCCC)OCCC. The second-order valence-corrected chi connectivity index (χ2v) is 5.69. The molecule has 0 aliphatic rings. The maximum atomic E-state index is 11.1. The molecule has 88 valence electrons. The molecule has 0 amide bonds. The summed E-state index contributed by atoms with van der Waals surface area (Å²) < 4.78 is 16.1.